The van der Waals surface area contributed by atoms with Gasteiger partial charge in [0.15, 0.2) is 0 Å². The first kappa shape index (κ1) is 22.2. The number of halogens is 1. The van der Waals surface area contributed by atoms with E-state index in [1.807, 2.05) is 0 Å². The first-order chi connectivity index (χ1) is 14.3. The van der Waals surface area contributed by atoms with Crippen molar-refractivity contribution in [3.8, 4) is 0 Å². The topological polar surface area (TPSA) is 118 Å². The maximum absolute atomic E-state index is 13.6. The highest BCUT2D eigenvalue weighted by molar-refractivity contribution is 7.89. The molecule has 0 aromatic heterocycles. The lowest BCUT2D eigenvalue weighted by Gasteiger charge is -2.59. The van der Waals surface area contributed by atoms with Gasteiger partial charge in [-0.2, -0.15) is 4.72 Å². The summed E-state index contributed by atoms with van der Waals surface area (Å²) in [5.41, 5.74) is 4.23. The van der Waals surface area contributed by atoms with E-state index in [9.17, 15) is 22.4 Å². The Morgan fingerprint density at radius 2 is 1.77 bits per heavy atom. The number of benzene rings is 1. The van der Waals surface area contributed by atoms with Gasteiger partial charge in [0, 0.05) is 11.5 Å². The van der Waals surface area contributed by atoms with Crippen LogP contribution in [0.2, 0.25) is 0 Å². The zero-order valence-corrected chi connectivity index (χ0v) is 18.9. The third kappa shape index (κ3) is 3.86. The van der Waals surface area contributed by atoms with Gasteiger partial charge in [0.25, 0.3) is 0 Å². The quantitative estimate of drug-likeness (QED) is 0.613. The van der Waals surface area contributed by atoms with Gasteiger partial charge in [0.1, 0.15) is 11.4 Å². The van der Waals surface area contributed by atoms with Crippen molar-refractivity contribution >= 4 is 21.8 Å². The van der Waals surface area contributed by atoms with Gasteiger partial charge in [0.2, 0.25) is 21.8 Å². The average molecular weight is 452 g/mol. The highest BCUT2D eigenvalue weighted by Gasteiger charge is 2.58. The SMILES string of the molecule is Cc1ccc(F)cc1S(=O)(=O)NC(C)(C)C(=O)NC1C2CC3CC1CC(C(N)=O)(C3)C2. The molecule has 4 fully saturated rings. The molecule has 2 atom stereocenters. The summed E-state index contributed by atoms with van der Waals surface area (Å²) in [6.07, 6.45) is 4.09. The number of nitrogens with one attached hydrogen (secondary N) is 2. The molecule has 4 bridgehead atoms. The van der Waals surface area contributed by atoms with Crippen LogP contribution in [0.15, 0.2) is 23.1 Å². The molecule has 2 amide bonds. The monoisotopic (exact) mass is 451 g/mol. The van der Waals surface area contributed by atoms with E-state index in [4.69, 9.17) is 5.73 Å². The predicted octanol–water partition coefficient (Wildman–Crippen LogP) is 1.99. The van der Waals surface area contributed by atoms with Crippen LogP contribution in [0.4, 0.5) is 4.39 Å². The normalized spacial score (nSPS) is 32.1. The standard InChI is InChI=1S/C22H30FN3O4S/c1-12-4-5-16(23)8-17(12)31(29,30)26-21(2,3)20(28)25-18-14-6-13-7-15(18)11-22(9-13,10-14)19(24)27/h4-5,8,13-15,18,26H,6-7,9-11H2,1-3H3,(H2,24,27)(H,25,28). The maximum atomic E-state index is 13.6. The molecule has 170 valence electrons. The number of rotatable bonds is 6. The second kappa shape index (κ2) is 7.27. The lowest BCUT2D eigenvalue weighted by Crippen LogP contribution is -2.65. The molecular formula is C22H30FN3O4S. The summed E-state index contributed by atoms with van der Waals surface area (Å²) in [5.74, 6) is -0.544. The molecule has 0 aliphatic heterocycles. The summed E-state index contributed by atoms with van der Waals surface area (Å²) in [6.45, 7) is 4.56. The van der Waals surface area contributed by atoms with Gasteiger partial charge in [-0.25, -0.2) is 12.8 Å². The fraction of sp³-hybridized carbons (Fsp3) is 0.636. The lowest BCUT2D eigenvalue weighted by atomic mass is 9.47. The highest BCUT2D eigenvalue weighted by atomic mass is 32.2. The summed E-state index contributed by atoms with van der Waals surface area (Å²) >= 11 is 0. The van der Waals surface area contributed by atoms with Crippen LogP contribution in [0, 0.1) is 35.9 Å². The van der Waals surface area contributed by atoms with E-state index >= 15 is 0 Å². The lowest BCUT2D eigenvalue weighted by molar-refractivity contribution is -0.148. The number of primary amides is 1. The molecule has 1 aromatic carbocycles. The molecule has 9 heteroatoms. The Kier molecular flexibility index (Phi) is 5.20. The Balaban J connectivity index is 1.50. The molecule has 4 N–H and O–H groups in total. The van der Waals surface area contributed by atoms with Crippen LogP contribution < -0.4 is 15.8 Å². The molecule has 4 aliphatic carbocycles. The minimum Gasteiger partial charge on any atom is -0.369 e. The van der Waals surface area contributed by atoms with Gasteiger partial charge < -0.3 is 11.1 Å². The zero-order chi connectivity index (χ0) is 22.8. The summed E-state index contributed by atoms with van der Waals surface area (Å²) in [5, 5.41) is 3.07. The summed E-state index contributed by atoms with van der Waals surface area (Å²) in [7, 11) is -4.11. The van der Waals surface area contributed by atoms with Crippen LogP contribution >= 0.6 is 0 Å². The second-order valence-corrected chi connectivity index (χ2v) is 11.9. The van der Waals surface area contributed by atoms with E-state index in [-0.39, 0.29) is 28.7 Å². The van der Waals surface area contributed by atoms with Crippen LogP contribution in [-0.2, 0) is 19.6 Å². The van der Waals surface area contributed by atoms with E-state index in [0.717, 1.165) is 25.3 Å². The molecule has 0 heterocycles. The third-order valence-electron chi connectivity index (χ3n) is 7.49. The van der Waals surface area contributed by atoms with E-state index in [2.05, 4.69) is 10.0 Å². The molecule has 2 unspecified atom stereocenters. The number of sulfonamides is 1. The van der Waals surface area contributed by atoms with Crippen LogP contribution in [0.5, 0.6) is 0 Å². The van der Waals surface area contributed by atoms with Gasteiger partial charge in [-0.3, -0.25) is 9.59 Å². The molecule has 0 radical (unpaired) electrons. The number of carbonyl (C=O) groups excluding carboxylic acids is 2. The molecular weight excluding hydrogens is 421 g/mol. The summed E-state index contributed by atoms with van der Waals surface area (Å²) in [6, 6.07) is 3.43. The Morgan fingerprint density at radius 1 is 1.16 bits per heavy atom. The van der Waals surface area contributed by atoms with Crippen molar-refractivity contribution < 1.29 is 22.4 Å². The maximum Gasteiger partial charge on any atom is 0.241 e. The van der Waals surface area contributed by atoms with Crippen LogP contribution in [-0.4, -0.2) is 31.8 Å². The van der Waals surface area contributed by atoms with E-state index in [1.54, 1.807) is 6.92 Å². The Hall–Kier alpha value is -2.00. The van der Waals surface area contributed by atoms with Crippen molar-refractivity contribution in [1.82, 2.24) is 10.0 Å². The van der Waals surface area contributed by atoms with Crippen molar-refractivity contribution in [2.45, 2.75) is 69.4 Å². The third-order valence-corrected chi connectivity index (χ3v) is 9.29. The van der Waals surface area contributed by atoms with Gasteiger partial charge in [0.05, 0.1) is 4.90 Å². The van der Waals surface area contributed by atoms with Gasteiger partial charge in [-0.15, -0.1) is 0 Å². The highest BCUT2D eigenvalue weighted by Crippen LogP contribution is 2.59. The molecule has 4 aliphatic rings. The molecule has 7 nitrogen and oxygen atoms in total. The second-order valence-electron chi connectivity index (χ2n) is 10.3. The van der Waals surface area contributed by atoms with Crippen molar-refractivity contribution in [3.05, 3.63) is 29.6 Å². The van der Waals surface area contributed by atoms with E-state index < -0.39 is 32.7 Å². The van der Waals surface area contributed by atoms with Crippen molar-refractivity contribution in [1.29, 1.82) is 0 Å². The number of aryl methyl sites for hydroxylation is 1. The molecule has 31 heavy (non-hydrogen) atoms. The van der Waals surface area contributed by atoms with Crippen LogP contribution in [0.1, 0.15) is 51.5 Å². The number of carbonyl (C=O) groups is 2. The van der Waals surface area contributed by atoms with Crippen LogP contribution in [0.25, 0.3) is 0 Å². The number of hydrogen-bond acceptors (Lipinski definition) is 4. The summed E-state index contributed by atoms with van der Waals surface area (Å²) < 4.78 is 41.8. The molecule has 4 saturated carbocycles. The zero-order valence-electron chi connectivity index (χ0n) is 18.1. The number of nitrogens with two attached hydrogens (primary N) is 1. The first-order valence-electron chi connectivity index (χ1n) is 10.7. The largest absolute Gasteiger partial charge is 0.369 e. The smallest absolute Gasteiger partial charge is 0.241 e. The first-order valence-corrected chi connectivity index (χ1v) is 12.2. The molecule has 1 aromatic rings. The van der Waals surface area contributed by atoms with Gasteiger partial charge in [-0.05, 0) is 88.3 Å². The molecule has 5 rings (SSSR count). The van der Waals surface area contributed by atoms with E-state index in [0.29, 0.717) is 24.3 Å². The Bertz CT molecular complexity index is 1020. The molecule has 0 saturated heterocycles. The average Bonchev–Trinajstić information content (AvgIpc) is 2.64. The number of hydrogen-bond donors (Lipinski definition) is 3. The summed E-state index contributed by atoms with van der Waals surface area (Å²) in [4.78, 5) is 25.1. The Labute approximate surface area is 182 Å². The fourth-order valence-electron chi connectivity index (χ4n) is 6.19. The fourth-order valence-corrected chi connectivity index (χ4v) is 7.83. The van der Waals surface area contributed by atoms with Crippen molar-refractivity contribution in [2.75, 3.05) is 0 Å². The van der Waals surface area contributed by atoms with Gasteiger partial charge >= 0.3 is 0 Å². The van der Waals surface area contributed by atoms with E-state index in [1.165, 1.54) is 26.0 Å². The minimum absolute atomic E-state index is 0.101. The molecule has 0 spiro atoms. The van der Waals surface area contributed by atoms with Crippen molar-refractivity contribution in [2.24, 2.45) is 28.9 Å². The van der Waals surface area contributed by atoms with Crippen LogP contribution in [0.3, 0.4) is 0 Å². The minimum atomic E-state index is -4.11. The van der Waals surface area contributed by atoms with Gasteiger partial charge in [-0.1, -0.05) is 6.07 Å². The number of amides is 2. The Morgan fingerprint density at radius 3 is 2.35 bits per heavy atom. The predicted molar refractivity (Wildman–Crippen MR) is 113 cm³/mol. The van der Waals surface area contributed by atoms with Crippen molar-refractivity contribution in [3.63, 3.8) is 0 Å².